The quantitative estimate of drug-likeness (QED) is 0.618. The Morgan fingerprint density at radius 2 is 2.05 bits per heavy atom. The molecule has 1 fully saturated rings. The second kappa shape index (κ2) is 5.46. The highest BCUT2D eigenvalue weighted by Gasteiger charge is 2.32. The van der Waals surface area contributed by atoms with Crippen LogP contribution in [0.15, 0.2) is 6.07 Å². The fourth-order valence-corrected chi connectivity index (χ4v) is 3.71. The molecule has 1 amide bonds. The minimum Gasteiger partial charge on any atom is -0.333 e. The number of carbonyl (C=O) groups excluding carboxylic acids is 1. The molecule has 0 saturated carbocycles. The summed E-state index contributed by atoms with van der Waals surface area (Å²) in [6.45, 7) is 4.02. The third-order valence-electron chi connectivity index (χ3n) is 3.50. The molecule has 1 aliphatic rings. The lowest BCUT2D eigenvalue weighted by Gasteiger charge is -2.38. The molecule has 19 heavy (non-hydrogen) atoms. The second-order valence-electron chi connectivity index (χ2n) is 4.87. The van der Waals surface area contributed by atoms with Crippen LogP contribution in [0.1, 0.15) is 42.8 Å². The third kappa shape index (κ3) is 2.74. The second-order valence-corrected chi connectivity index (χ2v) is 6.52. The van der Waals surface area contributed by atoms with Crippen LogP contribution >= 0.6 is 22.9 Å². The highest BCUT2D eigenvalue weighted by atomic mass is 35.5. The van der Waals surface area contributed by atoms with Crippen LogP contribution in [-0.4, -0.2) is 27.8 Å². The van der Waals surface area contributed by atoms with Crippen molar-refractivity contribution in [2.45, 2.75) is 45.2 Å². The minimum atomic E-state index is -0.557. The van der Waals surface area contributed by atoms with Gasteiger partial charge in [0.25, 0.3) is 11.6 Å². The molecular weight excluding hydrogens is 288 g/mol. The van der Waals surface area contributed by atoms with E-state index >= 15 is 0 Å². The number of piperidine rings is 1. The molecule has 1 aromatic rings. The SMILES string of the molecule is CC1CCCC(C)N1C(=O)c1cc([N+](=O)[O-])c(Cl)s1. The normalized spacial score (nSPS) is 23.4. The van der Waals surface area contributed by atoms with Crippen molar-refractivity contribution >= 4 is 34.5 Å². The summed E-state index contributed by atoms with van der Waals surface area (Å²) in [4.78, 5) is 24.8. The molecule has 1 saturated heterocycles. The van der Waals surface area contributed by atoms with E-state index in [0.717, 1.165) is 30.6 Å². The smallest absolute Gasteiger partial charge is 0.299 e. The van der Waals surface area contributed by atoms with Crippen LogP contribution in [0, 0.1) is 10.1 Å². The van der Waals surface area contributed by atoms with Crippen molar-refractivity contribution in [3.05, 3.63) is 25.4 Å². The Labute approximate surface area is 120 Å². The molecule has 2 unspecified atom stereocenters. The molecule has 7 heteroatoms. The Morgan fingerprint density at radius 3 is 2.53 bits per heavy atom. The summed E-state index contributed by atoms with van der Waals surface area (Å²) in [7, 11) is 0. The van der Waals surface area contributed by atoms with Gasteiger partial charge in [0.2, 0.25) is 0 Å². The average Bonchev–Trinajstić information content (AvgIpc) is 2.71. The van der Waals surface area contributed by atoms with Crippen LogP contribution in [0.4, 0.5) is 5.69 Å². The first kappa shape index (κ1) is 14.3. The van der Waals surface area contributed by atoms with Gasteiger partial charge in [0.05, 0.1) is 4.92 Å². The van der Waals surface area contributed by atoms with E-state index in [9.17, 15) is 14.9 Å². The molecule has 0 spiro atoms. The van der Waals surface area contributed by atoms with Gasteiger partial charge >= 0.3 is 0 Å². The highest BCUT2D eigenvalue weighted by molar-refractivity contribution is 7.18. The molecule has 2 rings (SSSR count). The maximum atomic E-state index is 12.5. The lowest BCUT2D eigenvalue weighted by atomic mass is 9.97. The Morgan fingerprint density at radius 1 is 1.47 bits per heavy atom. The van der Waals surface area contributed by atoms with Crippen molar-refractivity contribution in [2.24, 2.45) is 0 Å². The van der Waals surface area contributed by atoms with Gasteiger partial charge in [-0.1, -0.05) is 11.6 Å². The van der Waals surface area contributed by atoms with Gasteiger partial charge in [-0.15, -0.1) is 11.3 Å². The van der Waals surface area contributed by atoms with Gasteiger partial charge in [-0.05, 0) is 33.1 Å². The van der Waals surface area contributed by atoms with Crippen LogP contribution in [0.25, 0.3) is 0 Å². The van der Waals surface area contributed by atoms with Crippen molar-refractivity contribution in [3.63, 3.8) is 0 Å². The summed E-state index contributed by atoms with van der Waals surface area (Å²) in [5, 5.41) is 10.8. The third-order valence-corrected chi connectivity index (χ3v) is 4.83. The Kier molecular flexibility index (Phi) is 4.10. The van der Waals surface area contributed by atoms with Gasteiger partial charge in [0.1, 0.15) is 4.88 Å². The number of halogens is 1. The molecule has 104 valence electrons. The van der Waals surface area contributed by atoms with Gasteiger partial charge in [0.15, 0.2) is 4.34 Å². The predicted octanol–water partition coefficient (Wildman–Crippen LogP) is 3.71. The summed E-state index contributed by atoms with van der Waals surface area (Å²) in [5.41, 5.74) is -0.188. The monoisotopic (exact) mass is 302 g/mol. The summed E-state index contributed by atoms with van der Waals surface area (Å²) < 4.78 is 0.0608. The van der Waals surface area contributed by atoms with Gasteiger partial charge in [-0.2, -0.15) is 0 Å². The largest absolute Gasteiger partial charge is 0.333 e. The van der Waals surface area contributed by atoms with E-state index in [-0.39, 0.29) is 28.0 Å². The van der Waals surface area contributed by atoms with Crippen LogP contribution in [0.2, 0.25) is 4.34 Å². The van der Waals surface area contributed by atoms with Gasteiger partial charge in [0, 0.05) is 18.2 Å². The number of nitro groups is 1. The number of rotatable bonds is 2. The van der Waals surface area contributed by atoms with Crippen LogP contribution < -0.4 is 0 Å². The molecule has 1 aromatic heterocycles. The zero-order valence-electron chi connectivity index (χ0n) is 10.8. The van der Waals surface area contributed by atoms with Crippen LogP contribution in [0.5, 0.6) is 0 Å². The zero-order valence-corrected chi connectivity index (χ0v) is 12.3. The standard InChI is InChI=1S/C12H15ClN2O3S/c1-7-4-3-5-8(2)14(7)12(16)10-6-9(15(17)18)11(13)19-10/h6-8H,3-5H2,1-2H3. The average molecular weight is 303 g/mol. The molecule has 2 atom stereocenters. The van der Waals surface area contributed by atoms with E-state index < -0.39 is 4.92 Å². The van der Waals surface area contributed by atoms with Crippen molar-refractivity contribution < 1.29 is 9.72 Å². The topological polar surface area (TPSA) is 63.5 Å². The fraction of sp³-hybridized carbons (Fsp3) is 0.583. The molecular formula is C12H15ClN2O3S. The molecule has 0 aliphatic carbocycles. The zero-order chi connectivity index (χ0) is 14.2. The van der Waals surface area contributed by atoms with E-state index in [0.29, 0.717) is 4.88 Å². The summed E-state index contributed by atoms with van der Waals surface area (Å²) in [5.74, 6) is -0.153. The van der Waals surface area contributed by atoms with Crippen molar-refractivity contribution in [1.82, 2.24) is 4.90 Å². The lowest BCUT2D eigenvalue weighted by molar-refractivity contribution is -0.384. The van der Waals surface area contributed by atoms with E-state index in [4.69, 9.17) is 11.6 Å². The van der Waals surface area contributed by atoms with Crippen molar-refractivity contribution in [1.29, 1.82) is 0 Å². The first-order valence-electron chi connectivity index (χ1n) is 6.18. The number of likely N-dealkylation sites (tertiary alicyclic amines) is 1. The highest BCUT2D eigenvalue weighted by Crippen LogP contribution is 2.35. The number of hydrogen-bond acceptors (Lipinski definition) is 4. The molecule has 0 bridgehead atoms. The molecule has 0 N–H and O–H groups in total. The van der Waals surface area contributed by atoms with Gasteiger partial charge in [-0.3, -0.25) is 14.9 Å². The Hall–Kier alpha value is -1.14. The number of hydrogen-bond donors (Lipinski definition) is 0. The van der Waals surface area contributed by atoms with Crippen LogP contribution in [0.3, 0.4) is 0 Å². The summed E-state index contributed by atoms with van der Waals surface area (Å²) in [6, 6.07) is 1.61. The molecule has 0 radical (unpaired) electrons. The lowest BCUT2D eigenvalue weighted by Crippen LogP contribution is -2.47. The molecule has 5 nitrogen and oxygen atoms in total. The molecule has 2 heterocycles. The fourth-order valence-electron chi connectivity index (χ4n) is 2.54. The van der Waals surface area contributed by atoms with Gasteiger partial charge in [-0.25, -0.2) is 0 Å². The van der Waals surface area contributed by atoms with E-state index in [1.54, 1.807) is 0 Å². The first-order chi connectivity index (χ1) is 8.91. The Bertz CT molecular complexity index is 507. The van der Waals surface area contributed by atoms with E-state index in [1.807, 2.05) is 18.7 Å². The summed E-state index contributed by atoms with van der Waals surface area (Å²) in [6.07, 6.45) is 3.05. The number of thiophene rings is 1. The number of amides is 1. The molecule has 1 aliphatic heterocycles. The maximum absolute atomic E-state index is 12.5. The summed E-state index contributed by atoms with van der Waals surface area (Å²) >= 11 is 6.78. The van der Waals surface area contributed by atoms with E-state index in [2.05, 4.69) is 0 Å². The van der Waals surface area contributed by atoms with Crippen molar-refractivity contribution in [3.8, 4) is 0 Å². The predicted molar refractivity (Wildman–Crippen MR) is 74.9 cm³/mol. The minimum absolute atomic E-state index is 0.0608. The first-order valence-corrected chi connectivity index (χ1v) is 7.37. The number of nitrogens with zero attached hydrogens (tertiary/aromatic N) is 2. The molecule has 0 aromatic carbocycles. The maximum Gasteiger partial charge on any atom is 0.299 e. The van der Waals surface area contributed by atoms with Crippen LogP contribution in [-0.2, 0) is 0 Å². The van der Waals surface area contributed by atoms with Crippen molar-refractivity contribution in [2.75, 3.05) is 0 Å². The van der Waals surface area contributed by atoms with E-state index in [1.165, 1.54) is 6.07 Å². The number of carbonyl (C=O) groups is 1. The Balaban J connectivity index is 2.28. The van der Waals surface area contributed by atoms with Gasteiger partial charge < -0.3 is 4.90 Å².